The van der Waals surface area contributed by atoms with Crippen LogP contribution in [0.1, 0.15) is 39.2 Å². The molecule has 134 valence electrons. The molecule has 0 saturated heterocycles. The summed E-state index contributed by atoms with van der Waals surface area (Å²) < 4.78 is 18.7. The molecule has 0 saturated carbocycles. The summed E-state index contributed by atoms with van der Waals surface area (Å²) in [5.41, 5.74) is 1.60. The number of nitrogens with zero attached hydrogens (tertiary/aromatic N) is 1. The van der Waals surface area contributed by atoms with E-state index in [1.165, 1.54) is 17.7 Å². The number of carbonyl (C=O) groups is 1. The Morgan fingerprint density at radius 1 is 1.44 bits per heavy atom. The van der Waals surface area contributed by atoms with E-state index < -0.39 is 11.8 Å². The molecule has 1 rings (SSSR count). The zero-order valence-corrected chi connectivity index (χ0v) is 15.2. The molecule has 1 unspecified atom stereocenters. The van der Waals surface area contributed by atoms with Crippen LogP contribution in [0.5, 0.6) is 5.75 Å². The summed E-state index contributed by atoms with van der Waals surface area (Å²) in [7, 11) is 1.92. The van der Waals surface area contributed by atoms with Crippen LogP contribution in [0.4, 0.5) is 4.39 Å². The summed E-state index contributed by atoms with van der Waals surface area (Å²) in [5, 5.41) is 11.8. The molecular weight excluding hydrogens is 319 g/mol. The largest absolute Gasteiger partial charge is 0.423 e. The fraction of sp³-hybridized carbons (Fsp3) is 0.400. The lowest BCUT2D eigenvalue weighted by Crippen LogP contribution is -2.12. The van der Waals surface area contributed by atoms with Gasteiger partial charge in [0.1, 0.15) is 17.6 Å². The Kier molecular flexibility index (Phi) is 8.59. The van der Waals surface area contributed by atoms with Crippen LogP contribution in [0, 0.1) is 23.1 Å². The second-order valence-corrected chi connectivity index (χ2v) is 5.88. The van der Waals surface area contributed by atoms with Crippen molar-refractivity contribution in [2.24, 2.45) is 5.92 Å². The molecule has 0 radical (unpaired) electrons. The summed E-state index contributed by atoms with van der Waals surface area (Å²) in [6.07, 6.45) is 5.62. The lowest BCUT2D eigenvalue weighted by Gasteiger charge is -2.14. The fourth-order valence-electron chi connectivity index (χ4n) is 2.31. The number of ether oxygens (including phenoxy) is 1. The first-order chi connectivity index (χ1) is 11.9. The van der Waals surface area contributed by atoms with Gasteiger partial charge in [0.2, 0.25) is 0 Å². The fourth-order valence-corrected chi connectivity index (χ4v) is 2.31. The predicted octanol–water partition coefficient (Wildman–Crippen LogP) is 4.13. The Bertz CT molecular complexity index is 702. The molecule has 1 atom stereocenters. The van der Waals surface area contributed by atoms with Crippen LogP contribution in [0.15, 0.2) is 41.5 Å². The van der Waals surface area contributed by atoms with Gasteiger partial charge in [-0.15, -0.1) is 0 Å². The smallest absolute Gasteiger partial charge is 0.339 e. The standard InChI is InChI=1S/C20H25FN2O2/c1-5-16(14(2)10-11-23-4)7-6-15(3)20(24)25-18-9-8-17(13-22)19(21)12-18/h6-9,12,14,23H,5,10-11H2,1-4H3/b15-6+,16-7+. The van der Waals surface area contributed by atoms with E-state index in [1.54, 1.807) is 19.1 Å². The molecule has 0 spiro atoms. The number of allylic oxidation sites excluding steroid dienone is 3. The quantitative estimate of drug-likeness (QED) is 0.333. The molecule has 1 aromatic rings. The van der Waals surface area contributed by atoms with Gasteiger partial charge in [0.05, 0.1) is 5.56 Å². The van der Waals surface area contributed by atoms with Crippen molar-refractivity contribution in [3.8, 4) is 11.8 Å². The third-order valence-electron chi connectivity index (χ3n) is 4.01. The molecule has 1 N–H and O–H groups in total. The van der Waals surface area contributed by atoms with Gasteiger partial charge in [0, 0.05) is 11.6 Å². The minimum atomic E-state index is -0.707. The topological polar surface area (TPSA) is 62.1 Å². The van der Waals surface area contributed by atoms with E-state index >= 15 is 0 Å². The van der Waals surface area contributed by atoms with Crippen molar-refractivity contribution in [1.29, 1.82) is 5.26 Å². The Balaban J connectivity index is 2.80. The molecule has 5 heteroatoms. The molecular formula is C20H25FN2O2. The van der Waals surface area contributed by atoms with E-state index in [0.29, 0.717) is 11.5 Å². The minimum Gasteiger partial charge on any atom is -0.423 e. The van der Waals surface area contributed by atoms with Crippen molar-refractivity contribution in [3.63, 3.8) is 0 Å². The highest BCUT2D eigenvalue weighted by Crippen LogP contribution is 2.19. The van der Waals surface area contributed by atoms with E-state index in [2.05, 4.69) is 19.2 Å². The van der Waals surface area contributed by atoms with E-state index in [-0.39, 0.29) is 11.3 Å². The molecule has 1 aromatic carbocycles. The maximum absolute atomic E-state index is 13.5. The van der Waals surface area contributed by atoms with Crippen molar-refractivity contribution in [1.82, 2.24) is 5.32 Å². The highest BCUT2D eigenvalue weighted by atomic mass is 19.1. The molecule has 0 aliphatic carbocycles. The first kappa shape index (κ1) is 20.6. The van der Waals surface area contributed by atoms with Crippen molar-refractivity contribution in [3.05, 3.63) is 52.9 Å². The van der Waals surface area contributed by atoms with E-state index in [0.717, 1.165) is 25.5 Å². The Morgan fingerprint density at radius 3 is 2.72 bits per heavy atom. The van der Waals surface area contributed by atoms with Gasteiger partial charge in [-0.25, -0.2) is 9.18 Å². The number of esters is 1. The summed E-state index contributed by atoms with van der Waals surface area (Å²) in [4.78, 5) is 12.1. The van der Waals surface area contributed by atoms with Crippen molar-refractivity contribution in [2.45, 2.75) is 33.6 Å². The van der Waals surface area contributed by atoms with E-state index in [4.69, 9.17) is 10.00 Å². The minimum absolute atomic E-state index is 0.0799. The molecule has 0 fully saturated rings. The molecule has 0 bridgehead atoms. The predicted molar refractivity (Wildman–Crippen MR) is 96.6 cm³/mol. The number of nitriles is 1. The van der Waals surface area contributed by atoms with Gasteiger partial charge in [-0.1, -0.05) is 31.6 Å². The number of carbonyl (C=O) groups excluding carboxylic acids is 1. The van der Waals surface area contributed by atoms with Gasteiger partial charge in [-0.05, 0) is 51.4 Å². The lowest BCUT2D eigenvalue weighted by molar-refractivity contribution is -0.130. The SMILES string of the molecule is CC/C(=C\C=C(/C)C(=O)Oc1ccc(C#N)c(F)c1)C(C)CCNC. The van der Waals surface area contributed by atoms with Gasteiger partial charge in [-0.3, -0.25) is 0 Å². The van der Waals surface area contributed by atoms with Gasteiger partial charge < -0.3 is 10.1 Å². The third-order valence-corrected chi connectivity index (χ3v) is 4.01. The molecule has 4 nitrogen and oxygen atoms in total. The summed E-state index contributed by atoms with van der Waals surface area (Å²) in [6.45, 7) is 6.84. The van der Waals surface area contributed by atoms with Crippen molar-refractivity contribution in [2.75, 3.05) is 13.6 Å². The Labute approximate surface area is 149 Å². The van der Waals surface area contributed by atoms with Crippen LogP contribution < -0.4 is 10.1 Å². The number of rotatable bonds is 8. The number of hydrogen-bond acceptors (Lipinski definition) is 4. The van der Waals surface area contributed by atoms with Crippen LogP contribution in [-0.2, 0) is 4.79 Å². The summed E-state index contributed by atoms with van der Waals surface area (Å²) >= 11 is 0. The number of benzene rings is 1. The summed E-state index contributed by atoms with van der Waals surface area (Å²) in [6, 6.07) is 5.45. The van der Waals surface area contributed by atoms with Crippen LogP contribution in [0.3, 0.4) is 0 Å². The molecule has 25 heavy (non-hydrogen) atoms. The zero-order chi connectivity index (χ0) is 18.8. The van der Waals surface area contributed by atoms with Gasteiger partial charge in [-0.2, -0.15) is 5.26 Å². The highest BCUT2D eigenvalue weighted by molar-refractivity contribution is 5.89. The van der Waals surface area contributed by atoms with Gasteiger partial charge in [0.25, 0.3) is 0 Å². The van der Waals surface area contributed by atoms with Crippen LogP contribution in [0.25, 0.3) is 0 Å². The second kappa shape index (κ2) is 10.4. The highest BCUT2D eigenvalue weighted by Gasteiger charge is 2.10. The maximum Gasteiger partial charge on any atom is 0.339 e. The van der Waals surface area contributed by atoms with Crippen molar-refractivity contribution >= 4 is 5.97 Å². The van der Waals surface area contributed by atoms with Crippen LogP contribution in [-0.4, -0.2) is 19.6 Å². The average molecular weight is 344 g/mol. The first-order valence-corrected chi connectivity index (χ1v) is 8.36. The third kappa shape index (κ3) is 6.52. The first-order valence-electron chi connectivity index (χ1n) is 8.36. The summed E-state index contributed by atoms with van der Waals surface area (Å²) in [5.74, 6) is -0.749. The van der Waals surface area contributed by atoms with E-state index in [9.17, 15) is 9.18 Å². The number of hydrogen-bond donors (Lipinski definition) is 1. The average Bonchev–Trinajstić information content (AvgIpc) is 2.60. The monoisotopic (exact) mass is 344 g/mol. The Hall–Kier alpha value is -2.45. The Morgan fingerprint density at radius 2 is 2.16 bits per heavy atom. The maximum atomic E-state index is 13.5. The van der Waals surface area contributed by atoms with Crippen molar-refractivity contribution < 1.29 is 13.9 Å². The molecule has 0 aliphatic rings. The van der Waals surface area contributed by atoms with Gasteiger partial charge >= 0.3 is 5.97 Å². The molecule has 0 heterocycles. The molecule has 0 amide bonds. The molecule has 0 aromatic heterocycles. The van der Waals surface area contributed by atoms with Crippen LogP contribution >= 0.6 is 0 Å². The van der Waals surface area contributed by atoms with Gasteiger partial charge in [0.15, 0.2) is 0 Å². The second-order valence-electron chi connectivity index (χ2n) is 5.88. The number of nitrogens with one attached hydrogen (secondary N) is 1. The normalized spacial score (nSPS) is 13.3. The number of halogens is 1. The lowest BCUT2D eigenvalue weighted by atomic mass is 9.95. The molecule has 0 aliphatic heterocycles. The van der Waals surface area contributed by atoms with E-state index in [1.807, 2.05) is 13.1 Å². The zero-order valence-electron chi connectivity index (χ0n) is 15.2. The van der Waals surface area contributed by atoms with Crippen LogP contribution in [0.2, 0.25) is 0 Å².